The number of para-hydroxylation sites is 2. The summed E-state index contributed by atoms with van der Waals surface area (Å²) in [6.45, 7) is 3.13. The molecule has 2 aromatic carbocycles. The average molecular weight is 805 g/mol. The van der Waals surface area contributed by atoms with Crippen LogP contribution in [0.15, 0.2) is 48.5 Å². The van der Waals surface area contributed by atoms with Gasteiger partial charge in [-0.2, -0.15) is 0 Å². The van der Waals surface area contributed by atoms with E-state index < -0.39 is 79.2 Å². The van der Waals surface area contributed by atoms with Crippen LogP contribution in [-0.4, -0.2) is 123 Å². The molecule has 2 spiro atoms. The molecule has 268 valence electrons. The Morgan fingerprint density at radius 2 is 1.16 bits per heavy atom. The lowest BCUT2D eigenvalue weighted by Crippen LogP contribution is -2.75. The van der Waals surface area contributed by atoms with Crippen molar-refractivity contribution in [3.63, 3.8) is 0 Å². The molecule has 10 aliphatic rings. The van der Waals surface area contributed by atoms with Crippen molar-refractivity contribution < 1.29 is 34.5 Å². The SMILES string of the molecule is CC(C)[C@@]12SSS[C@]3(C(=O)N1C)[C@@H](O)[C@]1([C@]45c6ccccc6N[C@H]4N4C(=O)[C@]6(CO)SSS[C@]4(C(=O)N6C)[C@H]5O)c4ccccc4N[C@@H]1N3C2=O. The third kappa shape index (κ3) is 3.05. The predicted octanol–water partition coefficient (Wildman–Crippen LogP) is 2.24. The van der Waals surface area contributed by atoms with Crippen molar-refractivity contribution in [2.75, 3.05) is 31.3 Å². The summed E-state index contributed by atoms with van der Waals surface area (Å²) in [4.78, 5) is 59.3. The van der Waals surface area contributed by atoms with Crippen LogP contribution in [0.3, 0.4) is 0 Å². The first-order valence-corrected chi connectivity index (χ1v) is 23.3. The van der Waals surface area contributed by atoms with Gasteiger partial charge in [-0.3, -0.25) is 29.0 Å². The molecule has 8 saturated heterocycles. The molecule has 10 heterocycles. The van der Waals surface area contributed by atoms with Crippen molar-refractivity contribution in [1.29, 1.82) is 0 Å². The molecule has 10 aliphatic heterocycles. The number of nitrogens with one attached hydrogen (secondary N) is 2. The molecule has 13 nitrogen and oxygen atoms in total. The van der Waals surface area contributed by atoms with Crippen LogP contribution in [0.4, 0.5) is 11.4 Å². The number of anilines is 2. The predicted molar refractivity (Wildman–Crippen MR) is 201 cm³/mol. The van der Waals surface area contributed by atoms with Crippen LogP contribution in [-0.2, 0) is 30.0 Å². The Morgan fingerprint density at radius 1 is 0.686 bits per heavy atom. The van der Waals surface area contributed by atoms with E-state index in [1.165, 1.54) is 47.3 Å². The van der Waals surface area contributed by atoms with Gasteiger partial charge in [-0.05, 0) is 92.0 Å². The van der Waals surface area contributed by atoms with E-state index in [4.69, 9.17) is 0 Å². The van der Waals surface area contributed by atoms with Crippen LogP contribution in [0, 0.1) is 5.92 Å². The number of carbonyl (C=O) groups excluding carboxylic acids is 4. The number of amides is 4. The number of piperazine rings is 2. The lowest BCUT2D eigenvalue weighted by molar-refractivity contribution is -0.169. The molecule has 0 unspecified atom stereocenters. The maximum Gasteiger partial charge on any atom is 0.265 e. The molecule has 0 saturated carbocycles. The Balaban J connectivity index is 1.34. The van der Waals surface area contributed by atoms with E-state index in [9.17, 15) is 20.1 Å². The van der Waals surface area contributed by atoms with Crippen LogP contribution in [0.25, 0.3) is 0 Å². The number of hydrogen-bond donors (Lipinski definition) is 5. The van der Waals surface area contributed by atoms with Crippen molar-refractivity contribution in [2.24, 2.45) is 5.92 Å². The minimum Gasteiger partial charge on any atom is -0.392 e. The molecule has 2 aromatic rings. The maximum absolute atomic E-state index is 15.4. The quantitative estimate of drug-likeness (QED) is 0.287. The monoisotopic (exact) mass is 804 g/mol. The van der Waals surface area contributed by atoms with Gasteiger partial charge >= 0.3 is 0 Å². The first-order chi connectivity index (χ1) is 24.3. The lowest BCUT2D eigenvalue weighted by Gasteiger charge is -2.52. The fraction of sp³-hybridized carbons (Fsp3) is 0.500. The highest BCUT2D eigenvalue weighted by Crippen LogP contribution is 2.78. The molecular weight excluding hydrogens is 773 g/mol. The van der Waals surface area contributed by atoms with Gasteiger partial charge in [0, 0.05) is 25.5 Å². The maximum atomic E-state index is 15.4. The molecule has 0 aliphatic carbocycles. The smallest absolute Gasteiger partial charge is 0.265 e. The summed E-state index contributed by atoms with van der Waals surface area (Å²) >= 11 is 0. The highest BCUT2D eigenvalue weighted by molar-refractivity contribution is 9.10. The highest BCUT2D eigenvalue weighted by atomic mass is 33.5. The number of rotatable bonds is 3. The molecule has 0 aromatic heterocycles. The van der Waals surface area contributed by atoms with Gasteiger partial charge in [0.2, 0.25) is 14.6 Å². The number of hydrogen-bond acceptors (Lipinski definition) is 15. The zero-order valence-electron chi connectivity index (χ0n) is 27.4. The summed E-state index contributed by atoms with van der Waals surface area (Å²) in [5.74, 6) is -2.26. The lowest BCUT2D eigenvalue weighted by atomic mass is 9.52. The Bertz CT molecular complexity index is 2020. The van der Waals surface area contributed by atoms with Gasteiger partial charge in [0.25, 0.3) is 23.6 Å². The van der Waals surface area contributed by atoms with E-state index in [2.05, 4.69) is 10.6 Å². The van der Waals surface area contributed by atoms with Crippen LogP contribution < -0.4 is 10.6 Å². The van der Waals surface area contributed by atoms with Gasteiger partial charge in [-0.15, -0.1) is 0 Å². The Morgan fingerprint density at radius 3 is 1.67 bits per heavy atom. The highest BCUT2D eigenvalue weighted by Gasteiger charge is 2.92. The van der Waals surface area contributed by atoms with Crippen LogP contribution in [0.2, 0.25) is 0 Å². The van der Waals surface area contributed by atoms with E-state index in [1.807, 2.05) is 56.3 Å². The largest absolute Gasteiger partial charge is 0.392 e. The molecule has 5 N–H and O–H groups in total. The molecule has 4 bridgehead atoms. The van der Waals surface area contributed by atoms with Gasteiger partial charge in [0.1, 0.15) is 24.5 Å². The molecule has 12 rings (SSSR count). The van der Waals surface area contributed by atoms with Gasteiger partial charge in [0.15, 0.2) is 4.87 Å². The molecule has 0 radical (unpaired) electrons. The normalized spacial score (nSPS) is 44.2. The van der Waals surface area contributed by atoms with Crippen molar-refractivity contribution in [2.45, 2.75) is 68.7 Å². The van der Waals surface area contributed by atoms with Gasteiger partial charge in [-0.25, -0.2) is 0 Å². The number of carbonyl (C=O) groups is 4. The summed E-state index contributed by atoms with van der Waals surface area (Å²) < 4.78 is 0. The second-order valence-electron chi connectivity index (χ2n) is 14.5. The zero-order valence-corrected chi connectivity index (χ0v) is 32.3. The number of likely N-dealkylation sites (N-methyl/N-ethyl adjacent to an activating group) is 2. The van der Waals surface area contributed by atoms with Crippen molar-refractivity contribution in [1.82, 2.24) is 19.6 Å². The molecule has 51 heavy (non-hydrogen) atoms. The topological polar surface area (TPSA) is 166 Å². The molecule has 8 fully saturated rings. The summed E-state index contributed by atoms with van der Waals surface area (Å²) in [7, 11) is 10.1. The van der Waals surface area contributed by atoms with Gasteiger partial charge < -0.3 is 35.8 Å². The van der Waals surface area contributed by atoms with E-state index in [1.54, 1.807) is 13.1 Å². The minimum absolute atomic E-state index is 0.320. The third-order valence-corrected chi connectivity index (χ3v) is 23.1. The number of nitrogens with zero attached hydrogens (tertiary/aromatic N) is 4. The van der Waals surface area contributed by atoms with E-state index >= 15 is 14.4 Å². The van der Waals surface area contributed by atoms with Crippen molar-refractivity contribution >= 4 is 97.8 Å². The number of benzene rings is 2. The summed E-state index contributed by atoms with van der Waals surface area (Å²) in [6, 6.07) is 14.6. The molecular formula is C32H32N6O7S6. The molecule has 19 heteroatoms. The van der Waals surface area contributed by atoms with E-state index in [0.29, 0.717) is 22.5 Å². The molecule has 10 atom stereocenters. The Hall–Kier alpha value is -2.10. The third-order valence-electron chi connectivity index (χ3n) is 12.7. The standard InChI is InChI=1S/C32H32N6O7S6/c1-14(2)30-26(45)38-22-29(16-10-6-8-12-18(16)34-22,20(41)32(38,49-51-47-30)25(44)36(30)4)28-15-9-5-7-11-17(15)33-21(28)37-23(42)27(13-39)35(3)24(43)31(37,19(28)40)48-50-46-27/h5-12,14,19-22,33-34,39-41H,13H2,1-4H3/t19-,20-,21-,22+,27-,28-,29+,30-,31-,32-/m0/s1. The fourth-order valence-corrected chi connectivity index (χ4v) is 22.7. The zero-order chi connectivity index (χ0) is 35.8. The van der Waals surface area contributed by atoms with Crippen molar-refractivity contribution in [3.05, 3.63) is 59.7 Å². The average Bonchev–Trinajstić information content (AvgIpc) is 3.64. The summed E-state index contributed by atoms with van der Waals surface area (Å²) in [5.41, 5.74) is -1.21. The minimum atomic E-state index is -1.92. The summed E-state index contributed by atoms with van der Waals surface area (Å²) in [5, 5.41) is 45.0. The van der Waals surface area contributed by atoms with Crippen LogP contribution >= 0.6 is 62.8 Å². The second kappa shape index (κ2) is 10.1. The van der Waals surface area contributed by atoms with Crippen LogP contribution in [0.1, 0.15) is 25.0 Å². The number of aliphatic hydroxyl groups is 3. The molecule has 4 amide bonds. The number of aliphatic hydroxyl groups excluding tert-OH is 3. The van der Waals surface area contributed by atoms with E-state index in [-0.39, 0.29) is 11.8 Å². The van der Waals surface area contributed by atoms with Crippen LogP contribution in [0.5, 0.6) is 0 Å². The Kier molecular flexibility index (Phi) is 6.66. The first-order valence-electron chi connectivity index (χ1n) is 16.3. The Labute approximate surface area is 315 Å². The first kappa shape index (κ1) is 33.5. The van der Waals surface area contributed by atoms with Crippen molar-refractivity contribution in [3.8, 4) is 0 Å². The van der Waals surface area contributed by atoms with Gasteiger partial charge in [0.05, 0.1) is 17.4 Å². The fourth-order valence-electron chi connectivity index (χ4n) is 10.5. The van der Waals surface area contributed by atoms with E-state index in [0.717, 1.165) is 42.2 Å². The summed E-state index contributed by atoms with van der Waals surface area (Å²) in [6.07, 6.45) is -5.64. The second-order valence-corrected chi connectivity index (χ2v) is 23.2. The van der Waals surface area contributed by atoms with Gasteiger partial charge in [-0.1, -0.05) is 50.2 Å². The number of fused-ring (bicyclic) bond motifs is 13.